The van der Waals surface area contributed by atoms with Gasteiger partial charge in [0.15, 0.2) is 0 Å². The van der Waals surface area contributed by atoms with Gasteiger partial charge in [0, 0.05) is 12.6 Å². The molecular formula is C12H12N4S. The molecule has 5 heteroatoms. The summed E-state index contributed by atoms with van der Waals surface area (Å²) in [6.07, 6.45) is 4.59. The van der Waals surface area contributed by atoms with E-state index in [9.17, 15) is 0 Å². The Kier molecular flexibility index (Phi) is 2.65. The van der Waals surface area contributed by atoms with Gasteiger partial charge in [-0.1, -0.05) is 0 Å². The third kappa shape index (κ3) is 1.96. The highest BCUT2D eigenvalue weighted by atomic mass is 32.1. The molecule has 0 spiro atoms. The van der Waals surface area contributed by atoms with Crippen LogP contribution in [-0.2, 0) is 0 Å². The average Bonchev–Trinajstić information content (AvgIpc) is 3.07. The molecule has 1 fully saturated rings. The summed E-state index contributed by atoms with van der Waals surface area (Å²) in [5, 5.41) is 10.8. The molecule has 0 saturated heterocycles. The minimum atomic E-state index is 0.549. The van der Waals surface area contributed by atoms with E-state index >= 15 is 0 Å². The summed E-state index contributed by atoms with van der Waals surface area (Å²) in [5.74, 6) is 1.00. The Bertz CT molecular complexity index is 567. The van der Waals surface area contributed by atoms with Crippen LogP contribution in [0.15, 0.2) is 17.8 Å². The second-order valence-corrected chi connectivity index (χ2v) is 5.08. The van der Waals surface area contributed by atoms with Crippen molar-refractivity contribution in [2.45, 2.75) is 25.3 Å². The minimum absolute atomic E-state index is 0.549. The lowest BCUT2D eigenvalue weighted by Gasteiger charge is -2.22. The maximum Gasteiger partial charge on any atom is 0.150 e. The van der Waals surface area contributed by atoms with Gasteiger partial charge in [-0.3, -0.25) is 0 Å². The largest absolute Gasteiger partial charge is 0.351 e. The molecule has 3 rings (SSSR count). The number of thiophene rings is 1. The summed E-state index contributed by atoms with van der Waals surface area (Å²) in [6.45, 7) is 0.769. The highest BCUT2D eigenvalue weighted by molar-refractivity contribution is 7.17. The maximum absolute atomic E-state index is 8.73. The zero-order valence-corrected chi connectivity index (χ0v) is 10.2. The van der Waals surface area contributed by atoms with E-state index in [4.69, 9.17) is 5.26 Å². The molecule has 2 heterocycles. The van der Waals surface area contributed by atoms with Crippen LogP contribution in [0.4, 0.5) is 5.82 Å². The number of hydrogen-bond acceptors (Lipinski definition) is 5. The van der Waals surface area contributed by atoms with Gasteiger partial charge in [-0.2, -0.15) is 5.26 Å². The molecule has 0 aromatic carbocycles. The molecule has 1 aliphatic carbocycles. The topological polar surface area (TPSA) is 52.8 Å². The Morgan fingerprint density at radius 1 is 1.47 bits per heavy atom. The molecule has 0 amide bonds. The van der Waals surface area contributed by atoms with E-state index in [-0.39, 0.29) is 0 Å². The van der Waals surface area contributed by atoms with Crippen LogP contribution in [0.1, 0.15) is 19.3 Å². The molecule has 2 aromatic rings. The third-order valence-electron chi connectivity index (χ3n) is 2.95. The van der Waals surface area contributed by atoms with Crippen molar-refractivity contribution in [2.24, 2.45) is 0 Å². The number of aromatic nitrogens is 2. The standard InChI is InChI=1S/C12H12N4S/c13-5-1-6-16(9-2-3-9)12-11-10(4-7-17-11)14-8-15-12/h4,7-9H,1-3,6H2. The minimum Gasteiger partial charge on any atom is -0.351 e. The van der Waals surface area contributed by atoms with Gasteiger partial charge in [-0.05, 0) is 24.3 Å². The van der Waals surface area contributed by atoms with Crippen molar-refractivity contribution in [2.75, 3.05) is 11.4 Å². The first kappa shape index (κ1) is 10.5. The first-order valence-corrected chi connectivity index (χ1v) is 6.60. The summed E-state index contributed by atoms with van der Waals surface area (Å²) in [6, 6.07) is 4.80. The van der Waals surface area contributed by atoms with Gasteiger partial charge in [-0.15, -0.1) is 11.3 Å². The van der Waals surface area contributed by atoms with Crippen molar-refractivity contribution in [3.8, 4) is 6.07 Å². The number of fused-ring (bicyclic) bond motifs is 1. The third-order valence-corrected chi connectivity index (χ3v) is 3.85. The number of rotatable bonds is 4. The second kappa shape index (κ2) is 4.30. The predicted octanol–water partition coefficient (Wildman–Crippen LogP) is 2.57. The molecule has 0 N–H and O–H groups in total. The SMILES string of the molecule is N#CCCN(c1ncnc2ccsc12)C1CC1. The van der Waals surface area contributed by atoms with E-state index in [1.165, 1.54) is 12.8 Å². The van der Waals surface area contributed by atoms with E-state index < -0.39 is 0 Å². The van der Waals surface area contributed by atoms with Gasteiger partial charge in [0.25, 0.3) is 0 Å². The van der Waals surface area contributed by atoms with E-state index in [1.54, 1.807) is 17.7 Å². The van der Waals surface area contributed by atoms with Crippen LogP contribution in [-0.4, -0.2) is 22.6 Å². The van der Waals surface area contributed by atoms with Gasteiger partial charge in [0.1, 0.15) is 12.1 Å². The molecule has 0 bridgehead atoms. The Morgan fingerprint density at radius 2 is 2.35 bits per heavy atom. The Hall–Kier alpha value is -1.67. The summed E-state index contributed by atoms with van der Waals surface area (Å²) in [5.41, 5.74) is 1.00. The molecule has 2 aromatic heterocycles. The Labute approximate surface area is 104 Å². The molecule has 0 unspecified atom stereocenters. The van der Waals surface area contributed by atoms with Crippen LogP contribution in [0.2, 0.25) is 0 Å². The highest BCUT2D eigenvalue weighted by Crippen LogP contribution is 2.35. The first-order chi connectivity index (χ1) is 8.40. The number of anilines is 1. The van der Waals surface area contributed by atoms with Crippen LogP contribution in [0.5, 0.6) is 0 Å². The predicted molar refractivity (Wildman–Crippen MR) is 68.0 cm³/mol. The maximum atomic E-state index is 8.73. The van der Waals surface area contributed by atoms with E-state index in [2.05, 4.69) is 20.9 Å². The van der Waals surface area contributed by atoms with E-state index in [0.29, 0.717) is 12.5 Å². The van der Waals surface area contributed by atoms with E-state index in [0.717, 1.165) is 22.6 Å². The molecule has 0 aliphatic heterocycles. The zero-order valence-electron chi connectivity index (χ0n) is 9.33. The summed E-state index contributed by atoms with van der Waals surface area (Å²) >= 11 is 1.67. The van der Waals surface area contributed by atoms with Gasteiger partial charge in [0.2, 0.25) is 0 Å². The van der Waals surface area contributed by atoms with Crippen molar-refractivity contribution >= 4 is 27.4 Å². The summed E-state index contributed by atoms with van der Waals surface area (Å²) in [4.78, 5) is 10.9. The van der Waals surface area contributed by atoms with Crippen molar-refractivity contribution in [1.82, 2.24) is 9.97 Å². The zero-order chi connectivity index (χ0) is 11.7. The molecule has 4 nitrogen and oxygen atoms in total. The Morgan fingerprint density at radius 3 is 3.12 bits per heavy atom. The molecule has 0 radical (unpaired) electrons. The normalized spacial score (nSPS) is 14.8. The molecule has 17 heavy (non-hydrogen) atoms. The number of hydrogen-bond donors (Lipinski definition) is 0. The van der Waals surface area contributed by atoms with Crippen LogP contribution in [0, 0.1) is 11.3 Å². The summed E-state index contributed by atoms with van der Waals surface area (Å²) in [7, 11) is 0. The van der Waals surface area contributed by atoms with Crippen LogP contribution < -0.4 is 4.90 Å². The van der Waals surface area contributed by atoms with Crippen LogP contribution in [0.3, 0.4) is 0 Å². The second-order valence-electron chi connectivity index (χ2n) is 4.16. The number of nitriles is 1. The van der Waals surface area contributed by atoms with Crippen LogP contribution in [0.25, 0.3) is 10.2 Å². The molecule has 1 saturated carbocycles. The monoisotopic (exact) mass is 244 g/mol. The van der Waals surface area contributed by atoms with Crippen molar-refractivity contribution in [3.05, 3.63) is 17.8 Å². The molecular weight excluding hydrogens is 232 g/mol. The fraction of sp³-hybridized carbons (Fsp3) is 0.417. The van der Waals surface area contributed by atoms with Gasteiger partial charge >= 0.3 is 0 Å². The lowest BCUT2D eigenvalue weighted by molar-refractivity contribution is 0.781. The van der Waals surface area contributed by atoms with E-state index in [1.807, 2.05) is 11.4 Å². The van der Waals surface area contributed by atoms with Crippen molar-refractivity contribution in [1.29, 1.82) is 5.26 Å². The lowest BCUT2D eigenvalue weighted by atomic mass is 10.3. The first-order valence-electron chi connectivity index (χ1n) is 5.72. The fourth-order valence-corrected chi connectivity index (χ4v) is 2.85. The molecule has 0 atom stereocenters. The quantitative estimate of drug-likeness (QED) is 0.829. The van der Waals surface area contributed by atoms with Crippen molar-refractivity contribution < 1.29 is 0 Å². The lowest BCUT2D eigenvalue weighted by Crippen LogP contribution is -2.27. The summed E-state index contributed by atoms with van der Waals surface area (Å²) < 4.78 is 1.14. The smallest absolute Gasteiger partial charge is 0.150 e. The Balaban J connectivity index is 1.99. The highest BCUT2D eigenvalue weighted by Gasteiger charge is 2.30. The van der Waals surface area contributed by atoms with Gasteiger partial charge in [0.05, 0.1) is 22.7 Å². The van der Waals surface area contributed by atoms with Gasteiger partial charge < -0.3 is 4.90 Å². The van der Waals surface area contributed by atoms with Crippen molar-refractivity contribution in [3.63, 3.8) is 0 Å². The average molecular weight is 244 g/mol. The van der Waals surface area contributed by atoms with Gasteiger partial charge in [-0.25, -0.2) is 9.97 Å². The molecule has 86 valence electrons. The van der Waals surface area contributed by atoms with Crippen LogP contribution >= 0.6 is 11.3 Å². The molecule has 1 aliphatic rings. The number of nitrogens with zero attached hydrogens (tertiary/aromatic N) is 4. The fourth-order valence-electron chi connectivity index (χ4n) is 2.00.